The minimum atomic E-state index is -0.883. The van der Waals surface area contributed by atoms with Crippen LogP contribution in [0.5, 0.6) is 0 Å². The third-order valence-corrected chi connectivity index (χ3v) is 4.62. The van der Waals surface area contributed by atoms with Crippen LogP contribution in [0.25, 0.3) is 0 Å². The number of amides is 4. The van der Waals surface area contributed by atoms with Gasteiger partial charge in [0, 0.05) is 29.5 Å². The first-order chi connectivity index (χ1) is 13.4. The Morgan fingerprint density at radius 1 is 1.14 bits per heavy atom. The minimum absolute atomic E-state index is 0.131. The standard InChI is InChI=1S/C20H21ClN4O3/c1-13-3-2-4-16(11-13)23-18(26)12-17-19(27)22-9-10-25(17)20(28)24-15-7-5-14(21)6-8-15/h2-8,11,17H,9-10,12H2,1H3,(H,22,27)(H,23,26)(H,24,28)/t17-/m1/s1. The summed E-state index contributed by atoms with van der Waals surface area (Å²) < 4.78 is 0. The van der Waals surface area contributed by atoms with Crippen LogP contribution in [0.4, 0.5) is 16.2 Å². The molecule has 0 saturated carbocycles. The Balaban J connectivity index is 1.67. The van der Waals surface area contributed by atoms with Gasteiger partial charge in [-0.15, -0.1) is 0 Å². The average molecular weight is 401 g/mol. The number of urea groups is 1. The Morgan fingerprint density at radius 3 is 2.61 bits per heavy atom. The summed E-state index contributed by atoms with van der Waals surface area (Å²) in [6.45, 7) is 2.57. The van der Waals surface area contributed by atoms with Crippen molar-refractivity contribution in [3.63, 3.8) is 0 Å². The van der Waals surface area contributed by atoms with Crippen molar-refractivity contribution in [2.24, 2.45) is 0 Å². The molecule has 28 heavy (non-hydrogen) atoms. The van der Waals surface area contributed by atoms with E-state index in [9.17, 15) is 14.4 Å². The molecular formula is C20H21ClN4O3. The van der Waals surface area contributed by atoms with Crippen LogP contribution in [0.2, 0.25) is 5.02 Å². The molecule has 0 unspecified atom stereocenters. The Bertz CT molecular complexity index is 885. The maximum atomic E-state index is 12.7. The second-order valence-electron chi connectivity index (χ2n) is 6.56. The molecule has 1 aliphatic heterocycles. The minimum Gasteiger partial charge on any atom is -0.353 e. The lowest BCUT2D eigenvalue weighted by atomic mass is 10.1. The van der Waals surface area contributed by atoms with E-state index in [2.05, 4.69) is 16.0 Å². The van der Waals surface area contributed by atoms with Crippen LogP contribution in [-0.4, -0.2) is 41.9 Å². The summed E-state index contributed by atoms with van der Waals surface area (Å²) in [7, 11) is 0. The molecule has 0 aromatic heterocycles. The topological polar surface area (TPSA) is 90.5 Å². The van der Waals surface area contributed by atoms with Gasteiger partial charge in [0.15, 0.2) is 0 Å². The molecule has 146 valence electrons. The monoisotopic (exact) mass is 400 g/mol. The number of rotatable bonds is 4. The lowest BCUT2D eigenvalue weighted by molar-refractivity contribution is -0.130. The van der Waals surface area contributed by atoms with E-state index in [1.165, 1.54) is 4.90 Å². The van der Waals surface area contributed by atoms with Gasteiger partial charge >= 0.3 is 6.03 Å². The number of nitrogens with zero attached hydrogens (tertiary/aromatic N) is 1. The molecule has 0 radical (unpaired) electrons. The predicted molar refractivity (Wildman–Crippen MR) is 108 cm³/mol. The van der Waals surface area contributed by atoms with Gasteiger partial charge in [-0.3, -0.25) is 9.59 Å². The number of carbonyl (C=O) groups excluding carboxylic acids is 3. The van der Waals surface area contributed by atoms with Gasteiger partial charge in [0.1, 0.15) is 6.04 Å². The molecule has 1 heterocycles. The number of hydrogen-bond donors (Lipinski definition) is 3. The number of aryl methyl sites for hydroxylation is 1. The van der Waals surface area contributed by atoms with Gasteiger partial charge in [-0.1, -0.05) is 23.7 Å². The zero-order valence-corrected chi connectivity index (χ0v) is 16.1. The predicted octanol–water partition coefficient (Wildman–Crippen LogP) is 3.01. The van der Waals surface area contributed by atoms with Gasteiger partial charge in [-0.25, -0.2) is 4.79 Å². The first-order valence-electron chi connectivity index (χ1n) is 8.90. The number of anilines is 2. The summed E-state index contributed by atoms with van der Waals surface area (Å²) in [6, 6.07) is 12.7. The number of benzene rings is 2. The molecule has 3 rings (SSSR count). The first-order valence-corrected chi connectivity index (χ1v) is 9.27. The Hall–Kier alpha value is -3.06. The Labute approximate surface area is 168 Å². The zero-order valence-electron chi connectivity index (χ0n) is 15.4. The molecule has 0 aliphatic carbocycles. The van der Waals surface area contributed by atoms with Crippen LogP contribution in [0.3, 0.4) is 0 Å². The summed E-state index contributed by atoms with van der Waals surface area (Å²) >= 11 is 5.85. The lowest BCUT2D eigenvalue weighted by Gasteiger charge is -2.34. The van der Waals surface area contributed by atoms with E-state index in [0.717, 1.165) is 5.56 Å². The van der Waals surface area contributed by atoms with Crippen molar-refractivity contribution in [2.75, 3.05) is 23.7 Å². The molecule has 1 fully saturated rings. The van der Waals surface area contributed by atoms with E-state index < -0.39 is 12.1 Å². The molecule has 7 nitrogen and oxygen atoms in total. The molecule has 0 bridgehead atoms. The smallest absolute Gasteiger partial charge is 0.322 e. The Kier molecular flexibility index (Phi) is 6.16. The third kappa shape index (κ3) is 5.01. The summed E-state index contributed by atoms with van der Waals surface area (Å²) in [5, 5.41) is 8.78. The fourth-order valence-corrected chi connectivity index (χ4v) is 3.13. The second-order valence-corrected chi connectivity index (χ2v) is 7.00. The van der Waals surface area contributed by atoms with Gasteiger partial charge in [0.25, 0.3) is 0 Å². The first kappa shape index (κ1) is 19.7. The highest BCUT2D eigenvalue weighted by Crippen LogP contribution is 2.17. The van der Waals surface area contributed by atoms with Crippen LogP contribution in [0.1, 0.15) is 12.0 Å². The van der Waals surface area contributed by atoms with Gasteiger partial charge in [0.05, 0.1) is 6.42 Å². The van der Waals surface area contributed by atoms with Crippen molar-refractivity contribution in [3.05, 3.63) is 59.1 Å². The van der Waals surface area contributed by atoms with E-state index in [0.29, 0.717) is 29.5 Å². The van der Waals surface area contributed by atoms with Crippen molar-refractivity contribution in [2.45, 2.75) is 19.4 Å². The van der Waals surface area contributed by atoms with Gasteiger partial charge in [-0.05, 0) is 48.9 Å². The van der Waals surface area contributed by atoms with Crippen molar-refractivity contribution < 1.29 is 14.4 Å². The molecule has 8 heteroatoms. The zero-order chi connectivity index (χ0) is 20.1. The van der Waals surface area contributed by atoms with Crippen LogP contribution in [-0.2, 0) is 9.59 Å². The number of halogens is 1. The van der Waals surface area contributed by atoms with E-state index in [1.807, 2.05) is 25.1 Å². The molecule has 1 aliphatic rings. The molecule has 1 saturated heterocycles. The summed E-state index contributed by atoms with van der Waals surface area (Å²) in [5.41, 5.74) is 2.22. The van der Waals surface area contributed by atoms with Crippen LogP contribution < -0.4 is 16.0 Å². The van der Waals surface area contributed by atoms with E-state index >= 15 is 0 Å². The van der Waals surface area contributed by atoms with Gasteiger partial charge < -0.3 is 20.9 Å². The highest BCUT2D eigenvalue weighted by atomic mass is 35.5. The highest BCUT2D eigenvalue weighted by molar-refractivity contribution is 6.30. The summed E-state index contributed by atoms with van der Waals surface area (Å²) in [6.07, 6.45) is -0.131. The number of piperazine rings is 1. The lowest BCUT2D eigenvalue weighted by Crippen LogP contribution is -2.59. The van der Waals surface area contributed by atoms with Crippen molar-refractivity contribution in [1.82, 2.24) is 10.2 Å². The number of carbonyl (C=O) groups is 3. The largest absolute Gasteiger partial charge is 0.353 e. The quantitative estimate of drug-likeness (QED) is 0.736. The summed E-state index contributed by atoms with van der Waals surface area (Å²) in [4.78, 5) is 38.8. The Morgan fingerprint density at radius 2 is 1.89 bits per heavy atom. The molecular weight excluding hydrogens is 380 g/mol. The third-order valence-electron chi connectivity index (χ3n) is 4.37. The second kappa shape index (κ2) is 8.75. The van der Waals surface area contributed by atoms with E-state index in [4.69, 9.17) is 11.6 Å². The SMILES string of the molecule is Cc1cccc(NC(=O)C[C@@H]2C(=O)NCCN2C(=O)Nc2ccc(Cl)cc2)c1. The maximum Gasteiger partial charge on any atom is 0.322 e. The number of nitrogens with one attached hydrogen (secondary N) is 3. The van der Waals surface area contributed by atoms with Crippen molar-refractivity contribution in [3.8, 4) is 0 Å². The van der Waals surface area contributed by atoms with Crippen LogP contribution in [0.15, 0.2) is 48.5 Å². The average Bonchev–Trinajstić information content (AvgIpc) is 2.65. The fourth-order valence-electron chi connectivity index (χ4n) is 3.00. The van der Waals surface area contributed by atoms with Crippen molar-refractivity contribution in [1.29, 1.82) is 0 Å². The van der Waals surface area contributed by atoms with E-state index in [1.54, 1.807) is 30.3 Å². The maximum absolute atomic E-state index is 12.7. The molecule has 2 aromatic carbocycles. The van der Waals surface area contributed by atoms with E-state index in [-0.39, 0.29) is 18.2 Å². The van der Waals surface area contributed by atoms with Crippen LogP contribution in [0, 0.1) is 6.92 Å². The van der Waals surface area contributed by atoms with Crippen LogP contribution >= 0.6 is 11.6 Å². The molecule has 2 aromatic rings. The molecule has 4 amide bonds. The highest BCUT2D eigenvalue weighted by Gasteiger charge is 2.34. The van der Waals surface area contributed by atoms with Gasteiger partial charge in [-0.2, -0.15) is 0 Å². The normalized spacial score (nSPS) is 16.3. The summed E-state index contributed by atoms with van der Waals surface area (Å²) in [5.74, 6) is -0.686. The van der Waals surface area contributed by atoms with Gasteiger partial charge in [0.2, 0.25) is 11.8 Å². The fraction of sp³-hybridized carbons (Fsp3) is 0.250. The molecule has 1 atom stereocenters. The van der Waals surface area contributed by atoms with Crippen molar-refractivity contribution >= 4 is 40.8 Å². The molecule has 0 spiro atoms. The molecule has 3 N–H and O–H groups in total. The number of hydrogen-bond acceptors (Lipinski definition) is 3.